The Morgan fingerprint density at radius 2 is 1.70 bits per heavy atom. The largest absolute Gasteiger partial charge is 0.493 e. The molecule has 8 heteroatoms. The summed E-state index contributed by atoms with van der Waals surface area (Å²) in [6.45, 7) is 6.79. The van der Waals surface area contributed by atoms with Gasteiger partial charge in [0.25, 0.3) is 5.91 Å². The Bertz CT molecular complexity index is 1090. The maximum absolute atomic E-state index is 14.9. The number of nitrogens with zero attached hydrogens (tertiary/aromatic N) is 2. The zero-order valence-electron chi connectivity index (χ0n) is 21.7. The van der Waals surface area contributed by atoms with Crippen LogP contribution in [0, 0.1) is 17.7 Å². The number of amides is 2. The van der Waals surface area contributed by atoms with E-state index in [1.165, 1.54) is 17.0 Å². The molecule has 2 aliphatic heterocycles. The molecule has 2 aromatic rings. The van der Waals surface area contributed by atoms with Crippen LogP contribution in [-0.2, 0) is 4.79 Å². The average molecular weight is 514 g/mol. The maximum atomic E-state index is 14.9. The average Bonchev–Trinajstić information content (AvgIpc) is 2.87. The third-order valence-corrected chi connectivity index (χ3v) is 7.29. The van der Waals surface area contributed by atoms with Crippen molar-refractivity contribution in [3.8, 4) is 16.9 Å². The minimum atomic E-state index is -1.17. The molecule has 2 aliphatic rings. The highest BCUT2D eigenvalue weighted by molar-refractivity contribution is 5.95. The van der Waals surface area contributed by atoms with Gasteiger partial charge < -0.3 is 20.3 Å². The molecule has 1 atom stereocenters. The molecule has 2 amide bonds. The molecule has 0 spiro atoms. The lowest BCUT2D eigenvalue weighted by Gasteiger charge is -2.34. The molecule has 200 valence electrons. The number of alkyl halides is 1. The number of hydrogen-bond donors (Lipinski definition) is 1. The number of carbonyl (C=O) groups excluding carboxylic acids is 2. The van der Waals surface area contributed by atoms with Crippen LogP contribution in [0.4, 0.5) is 8.78 Å². The van der Waals surface area contributed by atoms with Gasteiger partial charge in [-0.25, -0.2) is 8.78 Å². The number of piperidine rings is 2. The monoisotopic (exact) mass is 513 g/mol. The summed E-state index contributed by atoms with van der Waals surface area (Å²) in [5, 5.41) is 0. The summed E-state index contributed by atoms with van der Waals surface area (Å²) in [7, 11) is 0. The molecule has 2 saturated heterocycles. The van der Waals surface area contributed by atoms with Gasteiger partial charge in [0.05, 0.1) is 18.1 Å². The number of likely N-dealkylation sites (tertiary alicyclic amines) is 2. The first kappa shape index (κ1) is 27.0. The molecule has 2 N–H and O–H groups in total. The lowest BCUT2D eigenvalue weighted by Crippen LogP contribution is -2.44. The van der Waals surface area contributed by atoms with Gasteiger partial charge in [0.2, 0.25) is 5.91 Å². The van der Waals surface area contributed by atoms with Gasteiger partial charge >= 0.3 is 0 Å². The molecule has 0 saturated carbocycles. The second-order valence-electron chi connectivity index (χ2n) is 11.0. The van der Waals surface area contributed by atoms with Crippen LogP contribution in [0.15, 0.2) is 42.5 Å². The molecule has 0 radical (unpaired) electrons. The van der Waals surface area contributed by atoms with Crippen LogP contribution < -0.4 is 10.5 Å². The van der Waals surface area contributed by atoms with Crippen LogP contribution in [0.3, 0.4) is 0 Å². The zero-order valence-corrected chi connectivity index (χ0v) is 21.7. The summed E-state index contributed by atoms with van der Waals surface area (Å²) in [6.07, 6.45) is 3.29. The van der Waals surface area contributed by atoms with E-state index in [4.69, 9.17) is 10.5 Å². The molecule has 0 aromatic heterocycles. The quantitative estimate of drug-likeness (QED) is 0.557. The van der Waals surface area contributed by atoms with Gasteiger partial charge in [-0.15, -0.1) is 0 Å². The van der Waals surface area contributed by atoms with Crippen LogP contribution >= 0.6 is 0 Å². The summed E-state index contributed by atoms with van der Waals surface area (Å²) >= 11 is 0. The number of carbonyl (C=O) groups is 2. The van der Waals surface area contributed by atoms with Gasteiger partial charge in [0, 0.05) is 19.6 Å². The lowest BCUT2D eigenvalue weighted by atomic mass is 9.96. The number of benzene rings is 2. The third kappa shape index (κ3) is 7.28. The van der Waals surface area contributed by atoms with E-state index in [9.17, 15) is 18.4 Å². The molecule has 2 aromatic carbocycles. The predicted octanol–water partition coefficient (Wildman–Crippen LogP) is 4.67. The second-order valence-corrected chi connectivity index (χ2v) is 11.0. The van der Waals surface area contributed by atoms with Gasteiger partial charge in [-0.2, -0.15) is 0 Å². The Labute approximate surface area is 217 Å². The number of primary amides is 1. The molecule has 2 fully saturated rings. The minimum absolute atomic E-state index is 0.00468. The highest BCUT2D eigenvalue weighted by Crippen LogP contribution is 2.27. The van der Waals surface area contributed by atoms with Crippen LogP contribution in [-0.4, -0.2) is 66.6 Å². The first-order valence-corrected chi connectivity index (χ1v) is 13.1. The van der Waals surface area contributed by atoms with E-state index in [-0.39, 0.29) is 18.0 Å². The van der Waals surface area contributed by atoms with Crippen LogP contribution in [0.5, 0.6) is 5.75 Å². The number of nitrogens with two attached hydrogens (primary N) is 1. The van der Waals surface area contributed by atoms with Gasteiger partial charge in [-0.3, -0.25) is 9.59 Å². The molecule has 0 aliphatic carbocycles. The van der Waals surface area contributed by atoms with Crippen LogP contribution in [0.25, 0.3) is 11.1 Å². The van der Waals surface area contributed by atoms with E-state index in [0.29, 0.717) is 44.0 Å². The summed E-state index contributed by atoms with van der Waals surface area (Å²) in [4.78, 5) is 28.1. The van der Waals surface area contributed by atoms with E-state index in [1.54, 1.807) is 19.9 Å². The van der Waals surface area contributed by atoms with Gasteiger partial charge in [0.1, 0.15) is 17.2 Å². The van der Waals surface area contributed by atoms with Crippen LogP contribution in [0.2, 0.25) is 0 Å². The lowest BCUT2D eigenvalue weighted by molar-refractivity contribution is -0.123. The number of hydrogen-bond acceptors (Lipinski definition) is 4. The summed E-state index contributed by atoms with van der Waals surface area (Å²) in [6, 6.07) is 12.1. The fourth-order valence-corrected chi connectivity index (χ4v) is 5.23. The van der Waals surface area contributed by atoms with Crippen molar-refractivity contribution in [2.45, 2.75) is 45.2 Å². The van der Waals surface area contributed by atoms with Gasteiger partial charge in [-0.05, 0) is 93.9 Å². The maximum Gasteiger partial charge on any atom is 0.256 e. The fourth-order valence-electron chi connectivity index (χ4n) is 5.23. The molecular weight excluding hydrogens is 476 g/mol. The van der Waals surface area contributed by atoms with Crippen LogP contribution in [0.1, 0.15) is 49.9 Å². The minimum Gasteiger partial charge on any atom is -0.493 e. The molecule has 4 rings (SSSR count). The molecule has 0 bridgehead atoms. The van der Waals surface area contributed by atoms with Gasteiger partial charge in [-0.1, -0.05) is 18.2 Å². The third-order valence-electron chi connectivity index (χ3n) is 7.29. The SMILES string of the molecule is CC(C)(F)CN1CCC(COc2ccc(-c3ccc(C(=O)N4CCC[C@@H](C(N)=O)C4)c(F)c3)cc2)CC1. The summed E-state index contributed by atoms with van der Waals surface area (Å²) in [5.74, 6) is -0.635. The van der Waals surface area contributed by atoms with Crippen molar-refractivity contribution in [1.29, 1.82) is 0 Å². The Morgan fingerprint density at radius 1 is 1.03 bits per heavy atom. The predicted molar refractivity (Wildman–Crippen MR) is 140 cm³/mol. The Balaban J connectivity index is 1.31. The first-order chi connectivity index (χ1) is 17.6. The van der Waals surface area contributed by atoms with E-state index < -0.39 is 23.3 Å². The van der Waals surface area contributed by atoms with Crippen molar-refractivity contribution < 1.29 is 23.1 Å². The van der Waals surface area contributed by atoms with E-state index >= 15 is 0 Å². The van der Waals surface area contributed by atoms with Crippen molar-refractivity contribution in [3.05, 3.63) is 53.8 Å². The molecule has 37 heavy (non-hydrogen) atoms. The Hall–Kier alpha value is -3.00. The standard InChI is InChI=1S/C29H37F2N3O3/c1-29(2,31)19-33-14-11-20(12-15-33)18-37-24-8-5-21(6-9-24)22-7-10-25(26(30)16-22)28(36)34-13-3-4-23(17-34)27(32)35/h5-10,16,20,23H,3-4,11-15,17-19H2,1-2H3,(H2,32,35)/t23-/m1/s1. The molecule has 2 heterocycles. The zero-order chi connectivity index (χ0) is 26.6. The molecule has 6 nitrogen and oxygen atoms in total. The number of ether oxygens (including phenoxy) is 1. The first-order valence-electron chi connectivity index (χ1n) is 13.1. The normalized spacial score (nSPS) is 19.6. The molecular formula is C29H37F2N3O3. The topological polar surface area (TPSA) is 75.9 Å². The van der Waals surface area contributed by atoms with E-state index in [1.807, 2.05) is 24.3 Å². The van der Waals surface area contributed by atoms with Crippen molar-refractivity contribution in [2.75, 3.05) is 39.3 Å². The molecule has 0 unspecified atom stereocenters. The second kappa shape index (κ2) is 11.6. The smallest absolute Gasteiger partial charge is 0.256 e. The van der Waals surface area contributed by atoms with Gasteiger partial charge in [0.15, 0.2) is 0 Å². The summed E-state index contributed by atoms with van der Waals surface area (Å²) < 4.78 is 34.8. The highest BCUT2D eigenvalue weighted by atomic mass is 19.1. The van der Waals surface area contributed by atoms with E-state index in [0.717, 1.165) is 37.2 Å². The Kier molecular flexibility index (Phi) is 8.47. The fraction of sp³-hybridized carbons (Fsp3) is 0.517. The number of rotatable bonds is 8. The van der Waals surface area contributed by atoms with Crippen molar-refractivity contribution in [2.24, 2.45) is 17.6 Å². The van der Waals surface area contributed by atoms with Crippen molar-refractivity contribution in [1.82, 2.24) is 9.80 Å². The van der Waals surface area contributed by atoms with E-state index in [2.05, 4.69) is 4.90 Å². The summed E-state index contributed by atoms with van der Waals surface area (Å²) in [5.41, 5.74) is 5.70. The Morgan fingerprint density at radius 3 is 2.32 bits per heavy atom. The van der Waals surface area contributed by atoms with Crippen molar-refractivity contribution >= 4 is 11.8 Å². The number of halogens is 2. The highest BCUT2D eigenvalue weighted by Gasteiger charge is 2.29. The van der Waals surface area contributed by atoms with Crippen molar-refractivity contribution in [3.63, 3.8) is 0 Å².